The molecule has 10 heteroatoms. The van der Waals surface area contributed by atoms with Crippen LogP contribution < -0.4 is 0 Å². The van der Waals surface area contributed by atoms with Crippen molar-refractivity contribution in [1.82, 2.24) is 24.6 Å². The number of hydrogen-bond acceptors (Lipinski definition) is 7. The smallest absolute Gasteiger partial charge is 0.248 e. The number of amides is 1. The zero-order valence-corrected chi connectivity index (χ0v) is 15.0. The van der Waals surface area contributed by atoms with Crippen molar-refractivity contribution in [3.63, 3.8) is 0 Å². The molecule has 0 aliphatic carbocycles. The Morgan fingerprint density at radius 3 is 3.00 bits per heavy atom. The number of carbonyl (C=O) groups is 1. The van der Waals surface area contributed by atoms with Crippen LogP contribution in [-0.4, -0.2) is 55.4 Å². The summed E-state index contributed by atoms with van der Waals surface area (Å²) in [5.74, 6) is -0.353. The largest absolute Gasteiger partial charge is 0.387 e. The van der Waals surface area contributed by atoms with Crippen molar-refractivity contribution in [2.24, 2.45) is 0 Å². The summed E-state index contributed by atoms with van der Waals surface area (Å²) in [5.41, 5.74) is 1.64. The summed E-state index contributed by atoms with van der Waals surface area (Å²) in [6.07, 6.45) is 3.70. The van der Waals surface area contributed by atoms with E-state index in [1.807, 2.05) is 17.6 Å². The number of fused-ring (bicyclic) bond motifs is 1. The lowest BCUT2D eigenvalue weighted by Crippen LogP contribution is -2.64. The van der Waals surface area contributed by atoms with E-state index in [1.54, 1.807) is 10.9 Å². The molecule has 1 saturated heterocycles. The van der Waals surface area contributed by atoms with Crippen LogP contribution in [0.2, 0.25) is 5.28 Å². The van der Waals surface area contributed by atoms with Crippen LogP contribution in [0.5, 0.6) is 0 Å². The SMILES string of the molecule is N#CCC1(n2cc(-c3nc(Cl)nc4ccsc34)cn2)CN(C(=O)CO)C1. The van der Waals surface area contributed by atoms with Crippen LogP contribution >= 0.6 is 22.9 Å². The summed E-state index contributed by atoms with van der Waals surface area (Å²) in [6.45, 7) is 0.128. The average molecular weight is 389 g/mol. The Morgan fingerprint density at radius 1 is 1.46 bits per heavy atom. The molecule has 3 aromatic heterocycles. The van der Waals surface area contributed by atoms with Gasteiger partial charge in [-0.15, -0.1) is 11.3 Å². The van der Waals surface area contributed by atoms with Gasteiger partial charge in [-0.2, -0.15) is 10.4 Å². The minimum Gasteiger partial charge on any atom is -0.387 e. The number of rotatable bonds is 4. The second-order valence-corrected chi connectivity index (χ2v) is 7.37. The summed E-state index contributed by atoms with van der Waals surface area (Å²) in [4.78, 5) is 21.7. The van der Waals surface area contributed by atoms with Gasteiger partial charge in [0.05, 0.1) is 34.6 Å². The fourth-order valence-electron chi connectivity index (χ4n) is 3.16. The number of thiophene rings is 1. The third-order valence-electron chi connectivity index (χ3n) is 4.48. The van der Waals surface area contributed by atoms with Crippen LogP contribution in [0.3, 0.4) is 0 Å². The Kier molecular flexibility index (Phi) is 4.11. The highest BCUT2D eigenvalue weighted by Crippen LogP contribution is 2.35. The molecule has 1 aliphatic rings. The second-order valence-electron chi connectivity index (χ2n) is 6.12. The molecule has 0 unspecified atom stereocenters. The van der Waals surface area contributed by atoms with Crippen LogP contribution in [-0.2, 0) is 10.3 Å². The lowest BCUT2D eigenvalue weighted by Gasteiger charge is -2.48. The van der Waals surface area contributed by atoms with Crippen molar-refractivity contribution in [1.29, 1.82) is 5.26 Å². The molecule has 26 heavy (non-hydrogen) atoms. The lowest BCUT2D eigenvalue weighted by molar-refractivity contribution is -0.145. The summed E-state index contributed by atoms with van der Waals surface area (Å²) in [7, 11) is 0. The highest BCUT2D eigenvalue weighted by Gasteiger charge is 2.47. The van der Waals surface area contributed by atoms with E-state index in [9.17, 15) is 10.1 Å². The fourth-order valence-corrected chi connectivity index (χ4v) is 4.18. The molecular weight excluding hydrogens is 376 g/mol. The van der Waals surface area contributed by atoms with Crippen LogP contribution in [0.25, 0.3) is 21.5 Å². The first-order valence-electron chi connectivity index (χ1n) is 7.78. The van der Waals surface area contributed by atoms with Gasteiger partial charge in [0.15, 0.2) is 0 Å². The molecule has 8 nitrogen and oxygen atoms in total. The zero-order chi connectivity index (χ0) is 18.3. The molecule has 132 valence electrons. The predicted molar refractivity (Wildman–Crippen MR) is 95.5 cm³/mol. The Morgan fingerprint density at radius 2 is 2.27 bits per heavy atom. The third-order valence-corrected chi connectivity index (χ3v) is 5.56. The average Bonchev–Trinajstić information content (AvgIpc) is 3.25. The van der Waals surface area contributed by atoms with Crippen LogP contribution in [0, 0.1) is 11.3 Å². The van der Waals surface area contributed by atoms with Gasteiger partial charge in [-0.3, -0.25) is 9.48 Å². The summed E-state index contributed by atoms with van der Waals surface area (Å²) in [5, 5.41) is 24.7. The van der Waals surface area contributed by atoms with E-state index >= 15 is 0 Å². The Labute approximate surface area is 157 Å². The molecule has 0 bridgehead atoms. The third kappa shape index (κ3) is 2.63. The van der Waals surface area contributed by atoms with E-state index in [0.29, 0.717) is 18.8 Å². The summed E-state index contributed by atoms with van der Waals surface area (Å²) >= 11 is 7.55. The van der Waals surface area contributed by atoms with E-state index in [2.05, 4.69) is 21.1 Å². The zero-order valence-electron chi connectivity index (χ0n) is 13.5. The fraction of sp³-hybridized carbons (Fsp3) is 0.312. The van der Waals surface area contributed by atoms with Crippen molar-refractivity contribution >= 4 is 39.1 Å². The molecule has 4 heterocycles. The molecule has 0 aromatic carbocycles. The molecular formula is C16H13ClN6O2S. The maximum absolute atomic E-state index is 11.6. The number of aliphatic hydroxyl groups excluding tert-OH is 1. The molecule has 3 aromatic rings. The van der Waals surface area contributed by atoms with Crippen molar-refractivity contribution in [3.8, 4) is 17.3 Å². The van der Waals surface area contributed by atoms with E-state index < -0.39 is 12.1 Å². The number of nitriles is 1. The molecule has 0 saturated carbocycles. The van der Waals surface area contributed by atoms with E-state index in [-0.39, 0.29) is 17.6 Å². The first kappa shape index (κ1) is 16.9. The number of nitrogens with zero attached hydrogens (tertiary/aromatic N) is 6. The maximum atomic E-state index is 11.6. The van der Waals surface area contributed by atoms with Gasteiger partial charge in [0.2, 0.25) is 11.2 Å². The normalized spacial score (nSPS) is 15.7. The Hall–Kier alpha value is -2.54. The topological polar surface area (TPSA) is 108 Å². The van der Waals surface area contributed by atoms with Crippen molar-refractivity contribution in [2.45, 2.75) is 12.0 Å². The monoisotopic (exact) mass is 388 g/mol. The standard InChI is InChI=1S/C16H13ClN6O2S/c17-15-20-11-1-4-26-14(11)13(21-15)10-5-19-23(6-10)16(2-3-18)8-22(9-16)12(25)7-24/h1,4-6,24H,2,7-9H2. The molecule has 1 aliphatic heterocycles. The number of halogens is 1. The first-order chi connectivity index (χ1) is 12.6. The second kappa shape index (κ2) is 6.32. The minimum atomic E-state index is -0.594. The predicted octanol–water partition coefficient (Wildman–Crippen LogP) is 1.65. The minimum absolute atomic E-state index is 0.161. The molecule has 1 fully saturated rings. The lowest BCUT2D eigenvalue weighted by atomic mass is 9.86. The van der Waals surface area contributed by atoms with Gasteiger partial charge < -0.3 is 10.0 Å². The van der Waals surface area contributed by atoms with Gasteiger partial charge in [0, 0.05) is 24.8 Å². The highest BCUT2D eigenvalue weighted by molar-refractivity contribution is 7.17. The number of hydrogen-bond donors (Lipinski definition) is 1. The number of aliphatic hydroxyl groups is 1. The van der Waals surface area contributed by atoms with Gasteiger partial charge in [0.1, 0.15) is 12.1 Å². The molecule has 0 spiro atoms. The van der Waals surface area contributed by atoms with Crippen LogP contribution in [0.1, 0.15) is 6.42 Å². The van der Waals surface area contributed by atoms with Crippen LogP contribution in [0.15, 0.2) is 23.8 Å². The summed E-state index contributed by atoms with van der Waals surface area (Å²) < 4.78 is 2.62. The van der Waals surface area contributed by atoms with Gasteiger partial charge in [-0.25, -0.2) is 9.97 Å². The number of likely N-dealkylation sites (tertiary alicyclic amines) is 1. The number of carbonyl (C=O) groups excluding carboxylic acids is 1. The quantitative estimate of drug-likeness (QED) is 0.681. The van der Waals surface area contributed by atoms with Crippen molar-refractivity contribution < 1.29 is 9.90 Å². The van der Waals surface area contributed by atoms with E-state index in [1.165, 1.54) is 16.2 Å². The molecule has 0 atom stereocenters. The van der Waals surface area contributed by atoms with Gasteiger partial charge in [-0.1, -0.05) is 0 Å². The van der Waals surface area contributed by atoms with E-state index in [4.69, 9.17) is 16.7 Å². The van der Waals surface area contributed by atoms with Crippen LogP contribution in [0.4, 0.5) is 0 Å². The molecule has 1 N–H and O–H groups in total. The summed E-state index contributed by atoms with van der Waals surface area (Å²) in [6, 6.07) is 4.04. The van der Waals surface area contributed by atoms with Crippen molar-refractivity contribution in [2.75, 3.05) is 19.7 Å². The Balaban J connectivity index is 1.70. The van der Waals surface area contributed by atoms with Gasteiger partial charge in [-0.05, 0) is 23.0 Å². The Bertz CT molecular complexity index is 1030. The highest BCUT2D eigenvalue weighted by atomic mass is 35.5. The maximum Gasteiger partial charge on any atom is 0.248 e. The van der Waals surface area contributed by atoms with Crippen molar-refractivity contribution in [3.05, 3.63) is 29.1 Å². The van der Waals surface area contributed by atoms with Gasteiger partial charge >= 0.3 is 0 Å². The van der Waals surface area contributed by atoms with Gasteiger partial charge in [0.25, 0.3) is 0 Å². The number of aromatic nitrogens is 4. The van der Waals surface area contributed by atoms with E-state index in [0.717, 1.165) is 15.8 Å². The molecule has 0 radical (unpaired) electrons. The molecule has 1 amide bonds. The molecule has 4 rings (SSSR count). The first-order valence-corrected chi connectivity index (χ1v) is 9.04.